The first kappa shape index (κ1) is 11.6. The van der Waals surface area contributed by atoms with Gasteiger partial charge in [0.15, 0.2) is 0 Å². The summed E-state index contributed by atoms with van der Waals surface area (Å²) >= 11 is 0. The molecule has 0 radical (unpaired) electrons. The number of hydrogen-bond donors (Lipinski definition) is 0. The molecule has 1 aromatic carbocycles. The number of halogens is 1. The lowest BCUT2D eigenvalue weighted by atomic mass is 10.00. The van der Waals surface area contributed by atoms with Gasteiger partial charge in [0, 0.05) is 6.54 Å². The molecular formula is C14H20FN. The second kappa shape index (κ2) is 4.96. The second-order valence-corrected chi connectivity index (χ2v) is 4.99. The fourth-order valence-corrected chi connectivity index (χ4v) is 2.33. The number of likely N-dealkylation sites (tertiary alicyclic amines) is 1. The Kier molecular flexibility index (Phi) is 3.59. The van der Waals surface area contributed by atoms with Gasteiger partial charge in [-0.2, -0.15) is 0 Å². The van der Waals surface area contributed by atoms with Gasteiger partial charge in [0.05, 0.1) is 0 Å². The maximum Gasteiger partial charge on any atom is 0.126 e. The van der Waals surface area contributed by atoms with Crippen molar-refractivity contribution in [2.45, 2.75) is 39.2 Å². The smallest absolute Gasteiger partial charge is 0.126 e. The van der Waals surface area contributed by atoms with E-state index in [4.69, 9.17) is 0 Å². The molecule has 0 unspecified atom stereocenters. The van der Waals surface area contributed by atoms with Gasteiger partial charge in [-0.15, -0.1) is 0 Å². The molecule has 0 aromatic heterocycles. The topological polar surface area (TPSA) is 3.24 Å². The van der Waals surface area contributed by atoms with Crippen LogP contribution in [0.4, 0.5) is 4.39 Å². The van der Waals surface area contributed by atoms with E-state index in [0.29, 0.717) is 0 Å². The standard InChI is InChI=1S/C14H20FN/c1-11(2)13-9-12(5-6-14(13)15)10-16-7-3-4-8-16/h5-6,9,11H,3-4,7-8,10H2,1-2H3. The Bertz CT molecular complexity index is 354. The molecule has 1 saturated heterocycles. The molecule has 0 bridgehead atoms. The van der Waals surface area contributed by atoms with Gasteiger partial charge in [0.25, 0.3) is 0 Å². The molecule has 0 amide bonds. The minimum atomic E-state index is -0.0693. The number of benzene rings is 1. The van der Waals surface area contributed by atoms with Gasteiger partial charge < -0.3 is 0 Å². The third-order valence-electron chi connectivity index (χ3n) is 3.29. The van der Waals surface area contributed by atoms with Crippen LogP contribution in [0.5, 0.6) is 0 Å². The number of hydrogen-bond acceptors (Lipinski definition) is 1. The maximum absolute atomic E-state index is 13.5. The summed E-state index contributed by atoms with van der Waals surface area (Å²) in [5, 5.41) is 0. The minimum Gasteiger partial charge on any atom is -0.299 e. The summed E-state index contributed by atoms with van der Waals surface area (Å²) in [4.78, 5) is 2.44. The largest absolute Gasteiger partial charge is 0.299 e. The molecule has 88 valence electrons. The van der Waals surface area contributed by atoms with Crippen molar-refractivity contribution >= 4 is 0 Å². The van der Waals surface area contributed by atoms with Crippen molar-refractivity contribution in [3.8, 4) is 0 Å². The Morgan fingerprint density at radius 3 is 2.56 bits per heavy atom. The lowest BCUT2D eigenvalue weighted by molar-refractivity contribution is 0.331. The van der Waals surface area contributed by atoms with Crippen LogP contribution in [-0.4, -0.2) is 18.0 Å². The fraction of sp³-hybridized carbons (Fsp3) is 0.571. The van der Waals surface area contributed by atoms with Crippen LogP contribution < -0.4 is 0 Å². The van der Waals surface area contributed by atoms with Crippen molar-refractivity contribution in [1.82, 2.24) is 4.90 Å². The van der Waals surface area contributed by atoms with Crippen LogP contribution >= 0.6 is 0 Å². The highest BCUT2D eigenvalue weighted by atomic mass is 19.1. The number of rotatable bonds is 3. The van der Waals surface area contributed by atoms with Crippen molar-refractivity contribution in [3.05, 3.63) is 35.1 Å². The molecule has 16 heavy (non-hydrogen) atoms. The first-order valence-electron chi connectivity index (χ1n) is 6.17. The predicted octanol–water partition coefficient (Wildman–Crippen LogP) is 3.54. The molecule has 0 spiro atoms. The molecule has 2 rings (SSSR count). The Hall–Kier alpha value is -0.890. The molecule has 0 atom stereocenters. The van der Waals surface area contributed by atoms with Crippen LogP contribution in [0.3, 0.4) is 0 Å². The molecule has 1 heterocycles. The SMILES string of the molecule is CC(C)c1cc(CN2CCCC2)ccc1F. The van der Waals surface area contributed by atoms with Gasteiger partial charge in [0.2, 0.25) is 0 Å². The van der Waals surface area contributed by atoms with Crippen molar-refractivity contribution in [2.75, 3.05) is 13.1 Å². The van der Waals surface area contributed by atoms with Crippen LogP contribution in [0.15, 0.2) is 18.2 Å². The van der Waals surface area contributed by atoms with Gasteiger partial charge in [-0.1, -0.05) is 26.0 Å². The van der Waals surface area contributed by atoms with Crippen LogP contribution in [0.25, 0.3) is 0 Å². The molecular weight excluding hydrogens is 201 g/mol. The predicted molar refractivity (Wildman–Crippen MR) is 65.0 cm³/mol. The van der Waals surface area contributed by atoms with Gasteiger partial charge in [-0.3, -0.25) is 4.90 Å². The Balaban J connectivity index is 2.12. The van der Waals surface area contributed by atoms with Gasteiger partial charge >= 0.3 is 0 Å². The Labute approximate surface area is 97.3 Å². The highest BCUT2D eigenvalue weighted by molar-refractivity contribution is 5.27. The fourth-order valence-electron chi connectivity index (χ4n) is 2.33. The minimum absolute atomic E-state index is 0.0693. The maximum atomic E-state index is 13.5. The van der Waals surface area contributed by atoms with Crippen molar-refractivity contribution in [2.24, 2.45) is 0 Å². The van der Waals surface area contributed by atoms with E-state index >= 15 is 0 Å². The lowest BCUT2D eigenvalue weighted by Gasteiger charge is -2.16. The summed E-state index contributed by atoms with van der Waals surface area (Å²) in [6, 6.07) is 5.55. The van der Waals surface area contributed by atoms with E-state index in [9.17, 15) is 4.39 Å². The molecule has 0 saturated carbocycles. The molecule has 1 nitrogen and oxygen atoms in total. The first-order chi connectivity index (χ1) is 7.66. The van der Waals surface area contributed by atoms with Crippen LogP contribution in [0.2, 0.25) is 0 Å². The zero-order valence-electron chi connectivity index (χ0n) is 10.2. The summed E-state index contributed by atoms with van der Waals surface area (Å²) in [6.45, 7) is 7.43. The summed E-state index contributed by atoms with van der Waals surface area (Å²) in [7, 11) is 0. The zero-order valence-corrected chi connectivity index (χ0v) is 10.2. The van der Waals surface area contributed by atoms with Crippen molar-refractivity contribution < 1.29 is 4.39 Å². The van der Waals surface area contributed by atoms with Crippen LogP contribution in [0, 0.1) is 5.82 Å². The number of nitrogens with zero attached hydrogens (tertiary/aromatic N) is 1. The Morgan fingerprint density at radius 1 is 1.25 bits per heavy atom. The average Bonchev–Trinajstić information content (AvgIpc) is 2.73. The van der Waals surface area contributed by atoms with Gasteiger partial charge in [-0.25, -0.2) is 4.39 Å². The summed E-state index contributed by atoms with van der Waals surface area (Å²) in [6.07, 6.45) is 2.61. The highest BCUT2D eigenvalue weighted by Crippen LogP contribution is 2.21. The summed E-state index contributed by atoms with van der Waals surface area (Å²) in [5.74, 6) is 0.193. The first-order valence-corrected chi connectivity index (χ1v) is 6.17. The molecule has 1 aliphatic heterocycles. The Morgan fingerprint density at radius 2 is 1.94 bits per heavy atom. The third-order valence-corrected chi connectivity index (χ3v) is 3.29. The lowest BCUT2D eigenvalue weighted by Crippen LogP contribution is -2.18. The van der Waals surface area contributed by atoms with E-state index in [1.807, 2.05) is 26.0 Å². The summed E-state index contributed by atoms with van der Waals surface area (Å²) < 4.78 is 13.5. The van der Waals surface area contributed by atoms with E-state index in [1.165, 1.54) is 31.5 Å². The highest BCUT2D eigenvalue weighted by Gasteiger charge is 2.13. The van der Waals surface area contributed by atoms with E-state index in [1.54, 1.807) is 6.07 Å². The molecule has 1 aliphatic rings. The van der Waals surface area contributed by atoms with Crippen molar-refractivity contribution in [1.29, 1.82) is 0 Å². The van der Waals surface area contributed by atoms with E-state index in [0.717, 1.165) is 12.1 Å². The molecule has 1 aromatic rings. The molecule has 2 heteroatoms. The van der Waals surface area contributed by atoms with Crippen LogP contribution in [0.1, 0.15) is 43.7 Å². The summed E-state index contributed by atoms with van der Waals surface area (Å²) in [5.41, 5.74) is 2.09. The average molecular weight is 221 g/mol. The normalized spacial score (nSPS) is 17.2. The second-order valence-electron chi connectivity index (χ2n) is 4.99. The third kappa shape index (κ3) is 2.62. The monoisotopic (exact) mass is 221 g/mol. The van der Waals surface area contributed by atoms with Gasteiger partial charge in [-0.05, 0) is 49.0 Å². The zero-order chi connectivity index (χ0) is 11.5. The van der Waals surface area contributed by atoms with Crippen LogP contribution in [-0.2, 0) is 6.54 Å². The quantitative estimate of drug-likeness (QED) is 0.754. The molecule has 1 fully saturated rings. The van der Waals surface area contributed by atoms with E-state index in [2.05, 4.69) is 4.90 Å². The van der Waals surface area contributed by atoms with E-state index < -0.39 is 0 Å². The molecule has 0 aliphatic carbocycles. The van der Waals surface area contributed by atoms with E-state index in [-0.39, 0.29) is 11.7 Å². The van der Waals surface area contributed by atoms with Gasteiger partial charge in [0.1, 0.15) is 5.82 Å². The van der Waals surface area contributed by atoms with Crippen molar-refractivity contribution in [3.63, 3.8) is 0 Å². The molecule has 0 N–H and O–H groups in total.